The number of anilines is 1. The highest BCUT2D eigenvalue weighted by Crippen LogP contribution is 2.36. The molecule has 0 bridgehead atoms. The molecule has 8 nitrogen and oxygen atoms in total. The van der Waals surface area contributed by atoms with Crippen LogP contribution in [0.15, 0.2) is 42.5 Å². The average molecular weight is 564 g/mol. The predicted octanol–water partition coefficient (Wildman–Crippen LogP) is 4.08. The quantitative estimate of drug-likeness (QED) is 0.444. The molecule has 0 aromatic heterocycles. The van der Waals surface area contributed by atoms with Crippen LogP contribution < -0.4 is 14.4 Å². The Balaban J connectivity index is 2.49. The van der Waals surface area contributed by atoms with E-state index in [1.165, 1.54) is 14.0 Å². The number of rotatable bonds is 11. The first kappa shape index (κ1) is 30.2. The molecule has 0 fully saturated rings. The molecule has 13 heteroatoms. The zero-order valence-corrected chi connectivity index (χ0v) is 22.4. The normalized spacial score (nSPS) is 12.5. The van der Waals surface area contributed by atoms with Gasteiger partial charge in [-0.1, -0.05) is 30.7 Å². The standard InChI is InChI=1S/C24H29ClF3N3O5S/c1-5-11-29-23(33)16(2)30(14-17-7-6-8-19(12-17)36-3)22(32)15-31(37(4,34)35)21-13-18(24(26,27)28)9-10-20(21)25/h6-10,12-13,16H,5,11,14-15H2,1-4H3,(H,29,33)/t16-/m1/s1. The molecule has 0 saturated heterocycles. The number of ether oxygens (including phenoxy) is 1. The Labute approximate surface area is 219 Å². The number of carbonyl (C=O) groups excluding carboxylic acids is 2. The van der Waals surface area contributed by atoms with Crippen molar-refractivity contribution in [3.63, 3.8) is 0 Å². The van der Waals surface area contributed by atoms with Gasteiger partial charge in [0.1, 0.15) is 18.3 Å². The van der Waals surface area contributed by atoms with Crippen molar-refractivity contribution in [2.24, 2.45) is 0 Å². The van der Waals surface area contributed by atoms with Crippen LogP contribution in [0.3, 0.4) is 0 Å². The molecule has 1 atom stereocenters. The Morgan fingerprint density at radius 1 is 1.16 bits per heavy atom. The van der Waals surface area contributed by atoms with Gasteiger partial charge in [0.15, 0.2) is 0 Å². The summed E-state index contributed by atoms with van der Waals surface area (Å²) < 4.78 is 70.9. The number of hydrogen-bond acceptors (Lipinski definition) is 5. The SMILES string of the molecule is CCCNC(=O)[C@@H](C)N(Cc1cccc(OC)c1)C(=O)CN(c1cc(C(F)(F)F)ccc1Cl)S(C)(=O)=O. The van der Waals surface area contributed by atoms with Crippen molar-refractivity contribution < 1.29 is 35.9 Å². The fourth-order valence-electron chi connectivity index (χ4n) is 3.42. The zero-order chi connectivity index (χ0) is 28.0. The molecule has 0 radical (unpaired) electrons. The van der Waals surface area contributed by atoms with Crippen molar-refractivity contribution in [2.45, 2.75) is 39.0 Å². The van der Waals surface area contributed by atoms with Crippen LogP contribution in [-0.4, -0.2) is 57.6 Å². The molecule has 0 aliphatic carbocycles. The monoisotopic (exact) mass is 563 g/mol. The summed E-state index contributed by atoms with van der Waals surface area (Å²) in [5.41, 5.74) is -1.05. The molecule has 0 spiro atoms. The predicted molar refractivity (Wildman–Crippen MR) is 135 cm³/mol. The molecule has 0 aliphatic heterocycles. The summed E-state index contributed by atoms with van der Waals surface area (Å²) in [6, 6.07) is 7.88. The second kappa shape index (κ2) is 12.5. The number of amides is 2. The van der Waals surface area contributed by atoms with E-state index in [2.05, 4.69) is 5.32 Å². The van der Waals surface area contributed by atoms with Gasteiger partial charge < -0.3 is 15.0 Å². The van der Waals surface area contributed by atoms with Gasteiger partial charge in [-0.25, -0.2) is 8.42 Å². The molecule has 1 N–H and O–H groups in total. The minimum atomic E-state index is -4.77. The molecule has 0 saturated carbocycles. The lowest BCUT2D eigenvalue weighted by Gasteiger charge is -2.32. The number of carbonyl (C=O) groups is 2. The van der Waals surface area contributed by atoms with Crippen LogP contribution in [0.25, 0.3) is 0 Å². The molecule has 2 amide bonds. The van der Waals surface area contributed by atoms with Crippen LogP contribution in [0.5, 0.6) is 5.75 Å². The van der Waals surface area contributed by atoms with Gasteiger partial charge >= 0.3 is 6.18 Å². The molecule has 0 heterocycles. The third-order valence-corrected chi connectivity index (χ3v) is 6.87. The summed E-state index contributed by atoms with van der Waals surface area (Å²) in [6.45, 7) is 2.72. The summed E-state index contributed by atoms with van der Waals surface area (Å²) in [6.07, 6.45) is -3.37. The molecular weight excluding hydrogens is 535 g/mol. The van der Waals surface area contributed by atoms with Crippen LogP contribution in [0.1, 0.15) is 31.4 Å². The van der Waals surface area contributed by atoms with E-state index < -0.39 is 51.9 Å². The Morgan fingerprint density at radius 2 is 1.84 bits per heavy atom. The number of sulfonamides is 1. The third-order valence-electron chi connectivity index (χ3n) is 5.42. The summed E-state index contributed by atoms with van der Waals surface area (Å²) in [4.78, 5) is 27.4. The Morgan fingerprint density at radius 3 is 2.41 bits per heavy atom. The lowest BCUT2D eigenvalue weighted by molar-refractivity contribution is -0.139. The summed E-state index contributed by atoms with van der Waals surface area (Å²) >= 11 is 6.07. The highest BCUT2D eigenvalue weighted by molar-refractivity contribution is 7.92. The summed E-state index contributed by atoms with van der Waals surface area (Å²) in [5.74, 6) is -0.788. The summed E-state index contributed by atoms with van der Waals surface area (Å²) in [7, 11) is -2.80. The van der Waals surface area contributed by atoms with E-state index in [0.717, 1.165) is 17.2 Å². The third kappa shape index (κ3) is 8.26. The van der Waals surface area contributed by atoms with Gasteiger partial charge in [-0.2, -0.15) is 13.2 Å². The highest BCUT2D eigenvalue weighted by atomic mass is 35.5. The minimum absolute atomic E-state index is 0.0926. The Bertz CT molecular complexity index is 1220. The molecular formula is C24H29ClF3N3O5S. The zero-order valence-electron chi connectivity index (χ0n) is 20.8. The Kier molecular flexibility index (Phi) is 10.2. The van der Waals surface area contributed by atoms with Crippen LogP contribution in [-0.2, 0) is 32.3 Å². The number of nitrogens with zero attached hydrogens (tertiary/aromatic N) is 2. The number of hydrogen-bond donors (Lipinski definition) is 1. The van der Waals surface area contributed by atoms with Crippen LogP contribution in [0, 0.1) is 0 Å². The van der Waals surface area contributed by atoms with Gasteiger partial charge in [-0.3, -0.25) is 13.9 Å². The maximum atomic E-state index is 13.5. The van der Waals surface area contributed by atoms with Crippen LogP contribution >= 0.6 is 11.6 Å². The maximum absolute atomic E-state index is 13.5. The number of benzene rings is 2. The second-order valence-electron chi connectivity index (χ2n) is 8.27. The first-order valence-corrected chi connectivity index (χ1v) is 13.5. The van der Waals surface area contributed by atoms with E-state index in [4.69, 9.17) is 16.3 Å². The van der Waals surface area contributed by atoms with Gasteiger partial charge in [0.05, 0.1) is 29.6 Å². The van der Waals surface area contributed by atoms with E-state index in [0.29, 0.717) is 40.7 Å². The van der Waals surface area contributed by atoms with E-state index in [1.54, 1.807) is 24.3 Å². The van der Waals surface area contributed by atoms with Crippen molar-refractivity contribution in [2.75, 3.05) is 30.8 Å². The van der Waals surface area contributed by atoms with E-state index in [1.807, 2.05) is 6.92 Å². The topological polar surface area (TPSA) is 96.0 Å². The van der Waals surface area contributed by atoms with Crippen molar-refractivity contribution >= 4 is 39.1 Å². The van der Waals surface area contributed by atoms with Gasteiger partial charge in [0, 0.05) is 13.1 Å². The lowest BCUT2D eigenvalue weighted by atomic mass is 10.1. The maximum Gasteiger partial charge on any atom is 0.416 e. The van der Waals surface area contributed by atoms with Crippen molar-refractivity contribution in [3.05, 3.63) is 58.6 Å². The van der Waals surface area contributed by atoms with Crippen molar-refractivity contribution in [3.8, 4) is 5.75 Å². The first-order chi connectivity index (χ1) is 17.2. The fraction of sp³-hybridized carbons (Fsp3) is 0.417. The van der Waals surface area contributed by atoms with Gasteiger partial charge in [-0.15, -0.1) is 0 Å². The first-order valence-electron chi connectivity index (χ1n) is 11.2. The van der Waals surface area contributed by atoms with E-state index >= 15 is 0 Å². The molecule has 2 aromatic carbocycles. The number of methoxy groups -OCH3 is 1. The molecule has 204 valence electrons. The number of halogens is 4. The molecule has 2 rings (SSSR count). The average Bonchev–Trinajstić information content (AvgIpc) is 2.83. The van der Waals surface area contributed by atoms with Gasteiger partial charge in [-0.05, 0) is 49.2 Å². The van der Waals surface area contributed by atoms with E-state index in [-0.39, 0.29) is 11.6 Å². The molecule has 0 unspecified atom stereocenters. The van der Waals surface area contributed by atoms with Gasteiger partial charge in [0.2, 0.25) is 21.8 Å². The van der Waals surface area contributed by atoms with E-state index in [9.17, 15) is 31.2 Å². The van der Waals surface area contributed by atoms with Crippen molar-refractivity contribution in [1.82, 2.24) is 10.2 Å². The minimum Gasteiger partial charge on any atom is -0.497 e. The smallest absolute Gasteiger partial charge is 0.416 e. The number of nitrogens with one attached hydrogen (secondary N) is 1. The lowest BCUT2D eigenvalue weighted by Crippen LogP contribution is -2.51. The largest absolute Gasteiger partial charge is 0.497 e. The molecule has 37 heavy (non-hydrogen) atoms. The second-order valence-corrected chi connectivity index (χ2v) is 10.6. The Hall–Kier alpha value is -2.99. The highest BCUT2D eigenvalue weighted by Gasteiger charge is 2.34. The van der Waals surface area contributed by atoms with Crippen molar-refractivity contribution in [1.29, 1.82) is 0 Å². The van der Waals surface area contributed by atoms with Crippen LogP contribution in [0.4, 0.5) is 18.9 Å². The van der Waals surface area contributed by atoms with Gasteiger partial charge in [0.25, 0.3) is 0 Å². The molecule has 2 aromatic rings. The number of alkyl halides is 3. The molecule has 0 aliphatic rings. The fourth-order valence-corrected chi connectivity index (χ4v) is 4.54. The summed E-state index contributed by atoms with van der Waals surface area (Å²) in [5, 5.41) is 2.40. The van der Waals surface area contributed by atoms with Crippen LogP contribution in [0.2, 0.25) is 5.02 Å².